The molecule has 0 aromatic carbocycles. The van der Waals surface area contributed by atoms with Crippen LogP contribution in [0.25, 0.3) is 11.5 Å². The van der Waals surface area contributed by atoms with Gasteiger partial charge in [-0.05, 0) is 25.3 Å². The smallest absolute Gasteiger partial charge is 0.365 e. The summed E-state index contributed by atoms with van der Waals surface area (Å²) in [4.78, 5) is 28.0. The molecule has 0 aliphatic rings. The van der Waals surface area contributed by atoms with Crippen molar-refractivity contribution in [2.24, 2.45) is 5.92 Å². The van der Waals surface area contributed by atoms with Crippen molar-refractivity contribution in [3.8, 4) is 11.5 Å². The molecule has 2 aromatic heterocycles. The minimum Gasteiger partial charge on any atom is -0.462 e. The van der Waals surface area contributed by atoms with Crippen molar-refractivity contribution in [3.05, 3.63) is 22.2 Å². The Labute approximate surface area is 195 Å². The quantitative estimate of drug-likeness (QED) is 0.280. The Morgan fingerprint density at radius 2 is 1.74 bits per heavy atom. The van der Waals surface area contributed by atoms with Gasteiger partial charge in [-0.1, -0.05) is 37.4 Å². The zero-order chi connectivity index (χ0) is 23.0. The summed E-state index contributed by atoms with van der Waals surface area (Å²) in [6.45, 7) is 9.24. The molecule has 0 spiro atoms. The number of rotatable bonds is 12. The van der Waals surface area contributed by atoms with E-state index < -0.39 is 7.60 Å². The summed E-state index contributed by atoms with van der Waals surface area (Å²) in [5.41, 5.74) is 0.653. The zero-order valence-corrected chi connectivity index (χ0v) is 21.7. The van der Waals surface area contributed by atoms with Gasteiger partial charge in [0.2, 0.25) is 0 Å². The Hall–Kier alpha value is -0.900. The molecule has 2 aromatic rings. The average Bonchev–Trinajstić information content (AvgIpc) is 3.28. The SMILES string of the molecule is CC(=O)SCCOP(=O)(OCCSC(C)=O)c1ccoc1-c1nc(C)sc1CC(C)C. The van der Waals surface area contributed by atoms with Gasteiger partial charge in [0, 0.05) is 30.2 Å². The standard InChI is InChI=1S/C20H28NO6PS3/c1-13(2)12-18-19(21-14(3)31-18)20-17(6-7-25-20)28(24,26-8-10-29-15(4)22)27-9-11-30-16(5)23/h6-7,13H,8-12H2,1-5H3. The largest absolute Gasteiger partial charge is 0.462 e. The molecule has 0 bridgehead atoms. The number of nitrogens with zero attached hydrogens (tertiary/aromatic N) is 1. The third-order valence-corrected chi connectivity index (χ3v) is 8.39. The third kappa shape index (κ3) is 8.18. The number of hydrogen-bond donors (Lipinski definition) is 0. The summed E-state index contributed by atoms with van der Waals surface area (Å²) in [5, 5.41) is 1.11. The van der Waals surface area contributed by atoms with E-state index >= 15 is 0 Å². The molecule has 0 atom stereocenters. The van der Waals surface area contributed by atoms with Crippen molar-refractivity contribution < 1.29 is 27.6 Å². The zero-order valence-electron chi connectivity index (χ0n) is 18.3. The molecule has 0 amide bonds. The van der Waals surface area contributed by atoms with Crippen molar-refractivity contribution in [1.29, 1.82) is 0 Å². The highest BCUT2D eigenvalue weighted by atomic mass is 32.2. The fraction of sp³-hybridized carbons (Fsp3) is 0.550. The average molecular weight is 506 g/mol. The van der Waals surface area contributed by atoms with Crippen LogP contribution in [0.1, 0.15) is 37.6 Å². The van der Waals surface area contributed by atoms with Gasteiger partial charge in [-0.3, -0.25) is 14.2 Å². The van der Waals surface area contributed by atoms with Crippen LogP contribution >= 0.6 is 42.5 Å². The van der Waals surface area contributed by atoms with E-state index in [1.807, 2.05) is 6.92 Å². The second-order valence-corrected chi connectivity index (χ2v) is 12.9. The van der Waals surface area contributed by atoms with Crippen LogP contribution in [0.3, 0.4) is 0 Å². The Balaban J connectivity index is 2.32. The van der Waals surface area contributed by atoms with Crippen molar-refractivity contribution in [1.82, 2.24) is 4.98 Å². The lowest BCUT2D eigenvalue weighted by Gasteiger charge is -2.18. The summed E-state index contributed by atoms with van der Waals surface area (Å²) < 4.78 is 30.9. The van der Waals surface area contributed by atoms with Crippen LogP contribution in [0.5, 0.6) is 0 Å². The van der Waals surface area contributed by atoms with Crippen LogP contribution in [-0.4, -0.2) is 39.9 Å². The fourth-order valence-corrected chi connectivity index (χ4v) is 6.68. The predicted octanol–water partition coefficient (Wildman–Crippen LogP) is 5.32. The summed E-state index contributed by atoms with van der Waals surface area (Å²) in [5.74, 6) is 1.50. The molecule has 0 aliphatic heterocycles. The highest BCUT2D eigenvalue weighted by Gasteiger charge is 2.35. The summed E-state index contributed by atoms with van der Waals surface area (Å²) in [7, 11) is -3.77. The van der Waals surface area contributed by atoms with E-state index in [-0.39, 0.29) is 23.4 Å². The van der Waals surface area contributed by atoms with Gasteiger partial charge >= 0.3 is 7.60 Å². The lowest BCUT2D eigenvalue weighted by atomic mass is 10.1. The molecule has 172 valence electrons. The van der Waals surface area contributed by atoms with Crippen molar-refractivity contribution in [2.45, 2.75) is 41.0 Å². The second-order valence-electron chi connectivity index (χ2n) is 7.08. The minimum absolute atomic E-state index is 0.0440. The number of hydrogen-bond acceptors (Lipinski definition) is 10. The van der Waals surface area contributed by atoms with Gasteiger partial charge in [0.15, 0.2) is 16.0 Å². The predicted molar refractivity (Wildman–Crippen MR) is 129 cm³/mol. The molecule has 31 heavy (non-hydrogen) atoms. The third-order valence-electron chi connectivity index (χ3n) is 3.85. The van der Waals surface area contributed by atoms with Gasteiger partial charge < -0.3 is 13.5 Å². The van der Waals surface area contributed by atoms with Crippen molar-refractivity contribution in [2.75, 3.05) is 24.7 Å². The highest BCUT2D eigenvalue weighted by molar-refractivity contribution is 8.13. The van der Waals surface area contributed by atoms with Gasteiger partial charge in [-0.2, -0.15) is 0 Å². The van der Waals surface area contributed by atoms with E-state index in [1.54, 1.807) is 17.4 Å². The van der Waals surface area contributed by atoms with Gasteiger partial charge in [0.05, 0.1) is 24.5 Å². The van der Waals surface area contributed by atoms with Crippen LogP contribution in [-0.2, 0) is 29.6 Å². The van der Waals surface area contributed by atoms with Crippen molar-refractivity contribution >= 4 is 58.0 Å². The number of aromatic nitrogens is 1. The van der Waals surface area contributed by atoms with E-state index in [4.69, 9.17) is 13.5 Å². The monoisotopic (exact) mass is 505 g/mol. The Morgan fingerprint density at radius 1 is 1.16 bits per heavy atom. The number of carbonyl (C=O) groups excluding carboxylic acids is 2. The maximum atomic E-state index is 13.8. The second kappa shape index (κ2) is 12.4. The Morgan fingerprint density at radius 3 is 2.26 bits per heavy atom. The van der Waals surface area contributed by atoms with Gasteiger partial charge in [-0.25, -0.2) is 4.98 Å². The molecule has 0 radical (unpaired) electrons. The van der Waals surface area contributed by atoms with Crippen LogP contribution in [0.2, 0.25) is 0 Å². The summed E-state index contributed by atoms with van der Waals surface area (Å²) in [6, 6.07) is 1.58. The number of furan rings is 1. The highest BCUT2D eigenvalue weighted by Crippen LogP contribution is 2.50. The maximum absolute atomic E-state index is 13.8. The van der Waals surface area contributed by atoms with Gasteiger partial charge in [-0.15, -0.1) is 11.3 Å². The van der Waals surface area contributed by atoms with Crippen LogP contribution in [0.4, 0.5) is 0 Å². The van der Waals surface area contributed by atoms with E-state index in [0.717, 1.165) is 39.8 Å². The summed E-state index contributed by atoms with van der Waals surface area (Å²) in [6.07, 6.45) is 2.27. The summed E-state index contributed by atoms with van der Waals surface area (Å²) >= 11 is 3.77. The molecule has 0 N–H and O–H groups in total. The van der Waals surface area contributed by atoms with E-state index in [1.165, 1.54) is 20.1 Å². The maximum Gasteiger partial charge on any atom is 0.365 e. The first kappa shape index (κ1) is 26.4. The minimum atomic E-state index is -3.77. The lowest BCUT2D eigenvalue weighted by Crippen LogP contribution is -2.14. The van der Waals surface area contributed by atoms with Crippen LogP contribution in [0.15, 0.2) is 16.7 Å². The number of thioether (sulfide) groups is 2. The molecule has 0 fully saturated rings. The van der Waals surface area contributed by atoms with Crippen LogP contribution in [0, 0.1) is 12.8 Å². The normalized spacial score (nSPS) is 11.9. The Bertz CT molecular complexity index is 913. The first-order valence-corrected chi connectivity index (χ1v) is 14.2. The van der Waals surface area contributed by atoms with Gasteiger partial charge in [0.25, 0.3) is 0 Å². The first-order valence-electron chi connectivity index (χ1n) is 9.83. The molecule has 0 unspecified atom stereocenters. The van der Waals surface area contributed by atoms with Crippen molar-refractivity contribution in [3.63, 3.8) is 0 Å². The number of carbonyl (C=O) groups is 2. The van der Waals surface area contributed by atoms with E-state index in [9.17, 15) is 14.2 Å². The molecule has 7 nitrogen and oxygen atoms in total. The van der Waals surface area contributed by atoms with Crippen LogP contribution < -0.4 is 5.30 Å². The number of aryl methyl sites for hydroxylation is 1. The Kier molecular flexibility index (Phi) is 10.5. The molecule has 2 rings (SSSR count). The molecule has 0 saturated carbocycles. The topological polar surface area (TPSA) is 95.7 Å². The fourth-order valence-electron chi connectivity index (χ4n) is 2.71. The van der Waals surface area contributed by atoms with Gasteiger partial charge in [0.1, 0.15) is 11.0 Å². The molecular weight excluding hydrogens is 477 g/mol. The molecular formula is C20H28NO6PS3. The van der Waals surface area contributed by atoms with E-state index in [2.05, 4.69) is 18.8 Å². The molecule has 11 heteroatoms. The lowest BCUT2D eigenvalue weighted by molar-refractivity contribution is -0.109. The first-order chi connectivity index (χ1) is 14.6. The molecule has 2 heterocycles. The molecule has 0 saturated heterocycles. The number of thiazole rings is 1. The molecule has 0 aliphatic carbocycles. The van der Waals surface area contributed by atoms with E-state index in [0.29, 0.717) is 34.2 Å².